The zero-order valence-corrected chi connectivity index (χ0v) is 13.2. The molecule has 0 bridgehead atoms. The molecule has 0 amide bonds. The topological polar surface area (TPSA) is 17.1 Å². The van der Waals surface area contributed by atoms with E-state index in [9.17, 15) is 4.57 Å². The summed E-state index contributed by atoms with van der Waals surface area (Å²) in [6, 6.07) is 0. The highest BCUT2D eigenvalue weighted by Gasteiger charge is 2.10. The van der Waals surface area contributed by atoms with Gasteiger partial charge < -0.3 is 4.57 Å². The maximum absolute atomic E-state index is 11.8. The Balaban J connectivity index is 3.11. The van der Waals surface area contributed by atoms with E-state index in [0.717, 1.165) is 12.3 Å². The fourth-order valence-electron chi connectivity index (χ4n) is 2.09. The Morgan fingerprint density at radius 2 is 1.12 bits per heavy atom. The van der Waals surface area contributed by atoms with Gasteiger partial charge in [-0.2, -0.15) is 0 Å². The monoisotopic (exact) mass is 260 g/mol. The van der Waals surface area contributed by atoms with E-state index in [2.05, 4.69) is 13.8 Å². The van der Waals surface area contributed by atoms with Crippen molar-refractivity contribution < 1.29 is 4.57 Å². The van der Waals surface area contributed by atoms with Gasteiger partial charge in [0.2, 0.25) is 0 Å². The molecular weight excluding hydrogens is 227 g/mol. The van der Waals surface area contributed by atoms with E-state index in [1.807, 2.05) is 6.66 Å². The zero-order chi connectivity index (χ0) is 13.0. The Morgan fingerprint density at radius 1 is 0.706 bits per heavy atom. The summed E-state index contributed by atoms with van der Waals surface area (Å²) < 4.78 is 11.8. The molecule has 0 aromatic heterocycles. The van der Waals surface area contributed by atoms with Gasteiger partial charge in [0, 0.05) is 6.16 Å². The standard InChI is InChI=1S/C15H33OP/c1-4-6-7-8-9-10-11-12-13-14-15-17(3,16)5-2/h4-15H2,1-3H3. The van der Waals surface area contributed by atoms with Gasteiger partial charge in [-0.1, -0.05) is 71.6 Å². The third-order valence-corrected chi connectivity index (χ3v) is 6.25. The minimum Gasteiger partial charge on any atom is -0.324 e. The molecule has 0 heterocycles. The average Bonchev–Trinajstić information content (AvgIpc) is 2.31. The molecule has 0 aliphatic carbocycles. The summed E-state index contributed by atoms with van der Waals surface area (Å²) in [7, 11) is -1.75. The second-order valence-electron chi connectivity index (χ2n) is 5.52. The van der Waals surface area contributed by atoms with E-state index in [0.29, 0.717) is 0 Å². The van der Waals surface area contributed by atoms with Gasteiger partial charge in [-0.25, -0.2) is 0 Å². The molecule has 0 saturated carbocycles. The van der Waals surface area contributed by atoms with Crippen LogP contribution >= 0.6 is 7.14 Å². The maximum Gasteiger partial charge on any atom is 0.0845 e. The van der Waals surface area contributed by atoms with Crippen molar-refractivity contribution in [1.82, 2.24) is 0 Å². The van der Waals surface area contributed by atoms with Gasteiger partial charge >= 0.3 is 0 Å². The van der Waals surface area contributed by atoms with E-state index in [1.165, 1.54) is 64.2 Å². The fraction of sp³-hybridized carbons (Fsp3) is 1.00. The van der Waals surface area contributed by atoms with Crippen LogP contribution in [0.15, 0.2) is 0 Å². The predicted molar refractivity (Wildman–Crippen MR) is 80.8 cm³/mol. The third-order valence-electron chi connectivity index (χ3n) is 3.65. The highest BCUT2D eigenvalue weighted by atomic mass is 31.2. The average molecular weight is 260 g/mol. The minimum absolute atomic E-state index is 0.879. The first-order chi connectivity index (χ1) is 8.12. The quantitative estimate of drug-likeness (QED) is 0.314. The van der Waals surface area contributed by atoms with Crippen molar-refractivity contribution in [1.29, 1.82) is 0 Å². The summed E-state index contributed by atoms with van der Waals surface area (Å²) in [6.07, 6.45) is 15.5. The molecule has 0 aliphatic heterocycles. The van der Waals surface area contributed by atoms with Crippen LogP contribution in [0.25, 0.3) is 0 Å². The molecular formula is C15H33OP. The number of unbranched alkanes of at least 4 members (excludes halogenated alkanes) is 9. The number of hydrogen-bond donors (Lipinski definition) is 0. The van der Waals surface area contributed by atoms with Crippen molar-refractivity contribution in [3.05, 3.63) is 0 Å². The molecule has 1 atom stereocenters. The Bertz CT molecular complexity index is 201. The van der Waals surface area contributed by atoms with Crippen LogP contribution in [0, 0.1) is 0 Å². The highest BCUT2D eigenvalue weighted by Crippen LogP contribution is 2.41. The molecule has 0 N–H and O–H groups in total. The van der Waals surface area contributed by atoms with Crippen molar-refractivity contribution >= 4 is 7.14 Å². The molecule has 0 aliphatic rings. The van der Waals surface area contributed by atoms with Crippen molar-refractivity contribution in [2.45, 2.75) is 78.1 Å². The Morgan fingerprint density at radius 3 is 1.53 bits per heavy atom. The molecule has 0 spiro atoms. The lowest BCUT2D eigenvalue weighted by Gasteiger charge is -2.09. The van der Waals surface area contributed by atoms with Gasteiger partial charge in [0.05, 0.1) is 7.14 Å². The highest BCUT2D eigenvalue weighted by molar-refractivity contribution is 7.63. The lowest BCUT2D eigenvalue weighted by molar-refractivity contribution is 0.556. The molecule has 17 heavy (non-hydrogen) atoms. The van der Waals surface area contributed by atoms with Crippen LogP contribution in [0.4, 0.5) is 0 Å². The summed E-state index contributed by atoms with van der Waals surface area (Å²) in [4.78, 5) is 0. The molecule has 2 heteroatoms. The first-order valence-corrected chi connectivity index (χ1v) is 10.2. The van der Waals surface area contributed by atoms with Crippen LogP contribution in [0.5, 0.6) is 0 Å². The summed E-state index contributed by atoms with van der Waals surface area (Å²) in [5.74, 6) is 0. The predicted octanol–water partition coefficient (Wildman–Crippen LogP) is 5.92. The summed E-state index contributed by atoms with van der Waals surface area (Å²) >= 11 is 0. The number of rotatable bonds is 12. The van der Waals surface area contributed by atoms with Crippen molar-refractivity contribution in [3.8, 4) is 0 Å². The second-order valence-corrected chi connectivity index (χ2v) is 9.19. The molecule has 104 valence electrons. The zero-order valence-electron chi connectivity index (χ0n) is 12.3. The summed E-state index contributed by atoms with van der Waals surface area (Å²) in [6.45, 7) is 6.28. The summed E-state index contributed by atoms with van der Waals surface area (Å²) in [5.41, 5.74) is 0. The van der Waals surface area contributed by atoms with Gasteiger partial charge in [0.1, 0.15) is 0 Å². The lowest BCUT2D eigenvalue weighted by Crippen LogP contribution is -1.91. The Hall–Kier alpha value is 0.230. The molecule has 0 fully saturated rings. The van der Waals surface area contributed by atoms with Crippen LogP contribution in [0.2, 0.25) is 0 Å². The van der Waals surface area contributed by atoms with E-state index in [4.69, 9.17) is 0 Å². The molecule has 1 unspecified atom stereocenters. The first-order valence-electron chi connectivity index (χ1n) is 7.68. The number of hydrogen-bond acceptors (Lipinski definition) is 1. The fourth-order valence-corrected chi connectivity index (χ4v) is 3.30. The Labute approximate surface area is 109 Å². The summed E-state index contributed by atoms with van der Waals surface area (Å²) in [5, 5.41) is 0. The largest absolute Gasteiger partial charge is 0.324 e. The maximum atomic E-state index is 11.8. The third kappa shape index (κ3) is 12.5. The van der Waals surface area contributed by atoms with Crippen LogP contribution in [0.3, 0.4) is 0 Å². The first kappa shape index (κ1) is 17.2. The molecule has 0 aromatic carbocycles. The smallest absolute Gasteiger partial charge is 0.0845 e. The van der Waals surface area contributed by atoms with Gasteiger partial charge in [-0.15, -0.1) is 0 Å². The van der Waals surface area contributed by atoms with Crippen LogP contribution in [-0.2, 0) is 4.57 Å². The van der Waals surface area contributed by atoms with Crippen molar-refractivity contribution in [2.75, 3.05) is 19.0 Å². The normalized spacial score (nSPS) is 14.8. The minimum atomic E-state index is -1.75. The van der Waals surface area contributed by atoms with Gasteiger partial charge in [-0.3, -0.25) is 0 Å². The van der Waals surface area contributed by atoms with Gasteiger partial charge in [0.25, 0.3) is 0 Å². The molecule has 1 nitrogen and oxygen atoms in total. The SMILES string of the molecule is CCCCCCCCCCCCP(C)(=O)CC. The van der Waals surface area contributed by atoms with E-state index >= 15 is 0 Å². The molecule has 0 saturated heterocycles. The van der Waals surface area contributed by atoms with Crippen LogP contribution < -0.4 is 0 Å². The van der Waals surface area contributed by atoms with Crippen LogP contribution in [0.1, 0.15) is 78.1 Å². The van der Waals surface area contributed by atoms with Gasteiger partial charge in [-0.05, 0) is 19.2 Å². The van der Waals surface area contributed by atoms with E-state index in [-0.39, 0.29) is 0 Å². The van der Waals surface area contributed by atoms with E-state index < -0.39 is 7.14 Å². The molecule has 0 rings (SSSR count). The van der Waals surface area contributed by atoms with Crippen molar-refractivity contribution in [2.24, 2.45) is 0 Å². The Kier molecular flexibility index (Phi) is 11.5. The van der Waals surface area contributed by atoms with E-state index in [1.54, 1.807) is 0 Å². The van der Waals surface area contributed by atoms with Gasteiger partial charge in [0.15, 0.2) is 0 Å². The van der Waals surface area contributed by atoms with Crippen LogP contribution in [-0.4, -0.2) is 19.0 Å². The molecule has 0 aromatic rings. The molecule has 0 radical (unpaired) electrons. The lowest BCUT2D eigenvalue weighted by atomic mass is 10.1. The second kappa shape index (κ2) is 11.3. The van der Waals surface area contributed by atoms with Crippen molar-refractivity contribution in [3.63, 3.8) is 0 Å².